The van der Waals surface area contributed by atoms with Gasteiger partial charge in [-0.2, -0.15) is 0 Å². The Morgan fingerprint density at radius 1 is 0.821 bits per heavy atom. The predicted molar refractivity (Wildman–Crippen MR) is 123 cm³/mol. The van der Waals surface area contributed by atoms with Gasteiger partial charge in [-0.25, -0.2) is 0 Å². The van der Waals surface area contributed by atoms with Gasteiger partial charge in [-0.15, -0.1) is 0 Å². The van der Waals surface area contributed by atoms with Crippen LogP contribution in [0.15, 0.2) is 60.7 Å². The van der Waals surface area contributed by atoms with Crippen LogP contribution in [0, 0.1) is 0 Å². The van der Waals surface area contributed by atoms with Crippen molar-refractivity contribution in [3.05, 3.63) is 71.8 Å². The molecule has 2 aliphatic rings. The molecule has 2 aromatic rings. The number of aliphatic hydroxyl groups excluding tert-OH is 1. The van der Waals surface area contributed by atoms with Crippen molar-refractivity contribution in [2.75, 3.05) is 6.54 Å². The topological polar surface area (TPSA) is 26.7 Å². The zero-order valence-electron chi connectivity index (χ0n) is 16.5. The maximum atomic E-state index is 10.1. The quantitative estimate of drug-likeness (QED) is 0.357. The Bertz CT molecular complexity index is 676. The molecule has 150 valence electrons. The summed E-state index contributed by atoms with van der Waals surface area (Å²) >= 11 is 2.44. The van der Waals surface area contributed by atoms with E-state index in [1.165, 1.54) is 36.8 Å². The standard InChI is InChI=1S/C24H31IN2O/c25-24-23(28)15-16-27(24)22-13-11-21(12-14-22)26(17-19-7-3-1-4-8-19)18-20-9-5-2-6-10-20/h1-10,21-24,28H,11-18H2/t21?,22?,23-,24?/m0/s1. The van der Waals surface area contributed by atoms with E-state index in [-0.39, 0.29) is 6.10 Å². The van der Waals surface area contributed by atoms with Gasteiger partial charge in [-0.1, -0.05) is 83.3 Å². The third kappa shape index (κ3) is 4.96. The van der Waals surface area contributed by atoms with Crippen LogP contribution >= 0.6 is 22.6 Å². The van der Waals surface area contributed by atoms with E-state index >= 15 is 0 Å². The molecular formula is C24H31IN2O. The van der Waals surface area contributed by atoms with E-state index in [2.05, 4.69) is 93.1 Å². The minimum absolute atomic E-state index is 0.147. The van der Waals surface area contributed by atoms with Crippen molar-refractivity contribution in [2.24, 2.45) is 0 Å². The van der Waals surface area contributed by atoms with Crippen LogP contribution in [-0.4, -0.2) is 43.7 Å². The van der Waals surface area contributed by atoms with E-state index in [4.69, 9.17) is 0 Å². The third-order valence-electron chi connectivity index (χ3n) is 6.43. The van der Waals surface area contributed by atoms with Crippen LogP contribution in [0.2, 0.25) is 0 Å². The van der Waals surface area contributed by atoms with Gasteiger partial charge in [-0.3, -0.25) is 9.80 Å². The van der Waals surface area contributed by atoms with Crippen LogP contribution in [0.25, 0.3) is 0 Å². The van der Waals surface area contributed by atoms with E-state index in [1.54, 1.807) is 0 Å². The molecule has 1 unspecified atom stereocenters. The summed E-state index contributed by atoms with van der Waals surface area (Å²) in [5, 5.41) is 10.1. The van der Waals surface area contributed by atoms with Gasteiger partial charge in [0.15, 0.2) is 0 Å². The molecule has 1 saturated carbocycles. The Morgan fingerprint density at radius 3 is 1.82 bits per heavy atom. The molecule has 28 heavy (non-hydrogen) atoms. The summed E-state index contributed by atoms with van der Waals surface area (Å²) in [5.41, 5.74) is 2.80. The van der Waals surface area contributed by atoms with Crippen molar-refractivity contribution in [1.82, 2.24) is 9.80 Å². The molecule has 0 aromatic heterocycles. The molecule has 4 rings (SSSR count). The molecule has 1 saturated heterocycles. The Morgan fingerprint density at radius 2 is 1.36 bits per heavy atom. The van der Waals surface area contributed by atoms with Crippen molar-refractivity contribution < 1.29 is 5.11 Å². The number of rotatable bonds is 6. The first-order valence-corrected chi connectivity index (χ1v) is 11.8. The number of hydrogen-bond acceptors (Lipinski definition) is 3. The molecular weight excluding hydrogens is 459 g/mol. The number of halogens is 1. The van der Waals surface area contributed by atoms with Crippen LogP contribution < -0.4 is 0 Å². The van der Waals surface area contributed by atoms with E-state index < -0.39 is 0 Å². The average Bonchev–Trinajstić information content (AvgIpc) is 3.08. The number of alkyl halides is 1. The van der Waals surface area contributed by atoms with Gasteiger partial charge < -0.3 is 5.11 Å². The third-order valence-corrected chi connectivity index (χ3v) is 7.97. The zero-order chi connectivity index (χ0) is 19.3. The fourth-order valence-electron chi connectivity index (χ4n) is 4.85. The molecule has 2 aromatic carbocycles. The van der Waals surface area contributed by atoms with Crippen molar-refractivity contribution >= 4 is 22.6 Å². The highest BCUT2D eigenvalue weighted by atomic mass is 127. The maximum Gasteiger partial charge on any atom is 0.0884 e. The van der Waals surface area contributed by atoms with Gasteiger partial charge in [-0.05, 0) is 43.2 Å². The first-order chi connectivity index (χ1) is 13.7. The summed E-state index contributed by atoms with van der Waals surface area (Å²) < 4.78 is 0.295. The lowest BCUT2D eigenvalue weighted by Gasteiger charge is -2.41. The van der Waals surface area contributed by atoms with Gasteiger partial charge in [0.2, 0.25) is 0 Å². The number of benzene rings is 2. The largest absolute Gasteiger partial charge is 0.391 e. The van der Waals surface area contributed by atoms with Crippen molar-refractivity contribution in [3.63, 3.8) is 0 Å². The zero-order valence-corrected chi connectivity index (χ0v) is 18.6. The molecule has 2 atom stereocenters. The normalized spacial score (nSPS) is 28.7. The van der Waals surface area contributed by atoms with Crippen LogP contribution in [0.4, 0.5) is 0 Å². The second kappa shape index (κ2) is 9.70. The lowest BCUT2D eigenvalue weighted by atomic mass is 9.88. The molecule has 0 bridgehead atoms. The highest BCUT2D eigenvalue weighted by molar-refractivity contribution is 14.1. The van der Waals surface area contributed by atoms with Gasteiger partial charge in [0, 0.05) is 31.7 Å². The van der Waals surface area contributed by atoms with Crippen LogP contribution in [0.1, 0.15) is 43.2 Å². The summed E-state index contributed by atoms with van der Waals surface area (Å²) in [6, 6.07) is 23.0. The first-order valence-electron chi connectivity index (χ1n) is 10.6. The average molecular weight is 490 g/mol. The molecule has 4 heteroatoms. The van der Waals surface area contributed by atoms with Gasteiger partial charge in [0.05, 0.1) is 10.2 Å². The van der Waals surface area contributed by atoms with Crippen LogP contribution in [0.3, 0.4) is 0 Å². The summed E-state index contributed by atoms with van der Waals surface area (Å²) in [6.45, 7) is 3.09. The van der Waals surface area contributed by atoms with E-state index in [0.717, 1.165) is 26.1 Å². The lowest BCUT2D eigenvalue weighted by molar-refractivity contribution is 0.0841. The van der Waals surface area contributed by atoms with E-state index in [0.29, 0.717) is 16.1 Å². The fraction of sp³-hybridized carbons (Fsp3) is 0.500. The Balaban J connectivity index is 1.42. The van der Waals surface area contributed by atoms with Crippen molar-refractivity contribution in [1.29, 1.82) is 0 Å². The number of nitrogens with zero attached hydrogens (tertiary/aromatic N) is 2. The number of hydrogen-bond donors (Lipinski definition) is 1. The fourth-order valence-corrected chi connectivity index (χ4v) is 5.95. The minimum atomic E-state index is -0.147. The summed E-state index contributed by atoms with van der Waals surface area (Å²) in [6.07, 6.45) is 5.78. The molecule has 3 nitrogen and oxygen atoms in total. The molecule has 0 amide bonds. The van der Waals surface area contributed by atoms with Crippen LogP contribution in [-0.2, 0) is 13.1 Å². The monoisotopic (exact) mass is 490 g/mol. The molecule has 1 aliphatic heterocycles. The first kappa shape index (κ1) is 20.3. The van der Waals surface area contributed by atoms with E-state index in [9.17, 15) is 5.11 Å². The molecule has 0 radical (unpaired) electrons. The van der Waals surface area contributed by atoms with Gasteiger partial charge in [0.1, 0.15) is 0 Å². The molecule has 1 aliphatic carbocycles. The molecule has 1 N–H and O–H groups in total. The predicted octanol–water partition coefficient (Wildman–Crippen LogP) is 4.83. The summed E-state index contributed by atoms with van der Waals surface area (Å²) in [5.74, 6) is 0. The molecule has 0 spiro atoms. The van der Waals surface area contributed by atoms with Crippen molar-refractivity contribution in [2.45, 2.75) is 67.4 Å². The van der Waals surface area contributed by atoms with Gasteiger partial charge >= 0.3 is 0 Å². The lowest BCUT2D eigenvalue weighted by Crippen LogP contribution is -2.45. The van der Waals surface area contributed by atoms with Crippen LogP contribution in [0.5, 0.6) is 0 Å². The highest BCUT2D eigenvalue weighted by Gasteiger charge is 2.37. The maximum absolute atomic E-state index is 10.1. The smallest absolute Gasteiger partial charge is 0.0884 e. The molecule has 1 heterocycles. The second-order valence-electron chi connectivity index (χ2n) is 8.31. The second-order valence-corrected chi connectivity index (χ2v) is 9.58. The number of aliphatic hydroxyl groups is 1. The molecule has 2 fully saturated rings. The summed E-state index contributed by atoms with van der Waals surface area (Å²) in [7, 11) is 0. The Hall–Kier alpha value is -0.950. The minimum Gasteiger partial charge on any atom is -0.391 e. The Kier molecular flexibility index (Phi) is 7.04. The Labute approximate surface area is 182 Å². The van der Waals surface area contributed by atoms with Gasteiger partial charge in [0.25, 0.3) is 0 Å². The number of likely N-dealkylation sites (tertiary alicyclic amines) is 1. The highest BCUT2D eigenvalue weighted by Crippen LogP contribution is 2.34. The van der Waals surface area contributed by atoms with E-state index in [1.807, 2.05) is 0 Å². The SMILES string of the molecule is O[C@H]1CCN(C2CCC(N(Cc3ccccc3)Cc3ccccc3)CC2)C1I. The summed E-state index contributed by atoms with van der Waals surface area (Å²) in [4.78, 5) is 5.24. The van der Waals surface area contributed by atoms with Crippen molar-refractivity contribution in [3.8, 4) is 0 Å².